The molecule has 0 unspecified atom stereocenters. The Hall–Kier alpha value is -3.08. The van der Waals surface area contributed by atoms with Crippen LogP contribution in [-0.4, -0.2) is 13.0 Å². The van der Waals surface area contributed by atoms with Crippen LogP contribution < -0.4 is 15.3 Å². The number of rotatable bonds is 3. The molecule has 0 spiro atoms. The van der Waals surface area contributed by atoms with Crippen molar-refractivity contribution in [3.8, 4) is 5.75 Å². The normalized spacial score (nSPS) is 10.7. The molecule has 1 amide bonds. The van der Waals surface area contributed by atoms with E-state index in [2.05, 4.69) is 0 Å². The molecule has 0 N–H and O–H groups in total. The van der Waals surface area contributed by atoms with Crippen molar-refractivity contribution in [1.82, 2.24) is 0 Å². The SMILES string of the molecule is COc1cc(N(C(C)=O)c2cc3ccccc3oc2=O)cc(C)c1C. The summed E-state index contributed by atoms with van der Waals surface area (Å²) in [5, 5.41) is 0.749. The molecule has 0 bridgehead atoms. The maximum absolute atomic E-state index is 12.5. The van der Waals surface area contributed by atoms with E-state index < -0.39 is 5.63 Å². The summed E-state index contributed by atoms with van der Waals surface area (Å²) < 4.78 is 10.8. The lowest BCUT2D eigenvalue weighted by Gasteiger charge is -2.22. The summed E-state index contributed by atoms with van der Waals surface area (Å²) in [5.41, 5.74) is 2.61. The quantitative estimate of drug-likeness (QED) is 0.675. The Labute approximate surface area is 145 Å². The Kier molecular flexibility index (Phi) is 4.31. The van der Waals surface area contributed by atoms with Crippen molar-refractivity contribution in [3.05, 3.63) is 64.0 Å². The highest BCUT2D eigenvalue weighted by atomic mass is 16.5. The summed E-state index contributed by atoms with van der Waals surface area (Å²) in [4.78, 5) is 26.2. The molecule has 0 aliphatic carbocycles. The number of benzene rings is 2. The number of hydrogen-bond acceptors (Lipinski definition) is 4. The number of nitrogens with zero attached hydrogens (tertiary/aromatic N) is 1. The van der Waals surface area contributed by atoms with E-state index in [-0.39, 0.29) is 11.6 Å². The first-order chi connectivity index (χ1) is 11.9. The Morgan fingerprint density at radius 2 is 1.84 bits per heavy atom. The summed E-state index contributed by atoms with van der Waals surface area (Å²) in [6.07, 6.45) is 0. The zero-order valence-electron chi connectivity index (χ0n) is 14.6. The molecule has 0 aliphatic rings. The monoisotopic (exact) mass is 337 g/mol. The minimum absolute atomic E-state index is 0.177. The van der Waals surface area contributed by atoms with Crippen molar-refractivity contribution < 1.29 is 13.9 Å². The fourth-order valence-electron chi connectivity index (χ4n) is 2.85. The van der Waals surface area contributed by atoms with Crippen molar-refractivity contribution in [2.24, 2.45) is 0 Å². The predicted octanol–water partition coefficient (Wildman–Crippen LogP) is 4.10. The Morgan fingerprint density at radius 1 is 1.12 bits per heavy atom. The number of carbonyl (C=O) groups excluding carboxylic acids is 1. The number of fused-ring (bicyclic) bond motifs is 1. The van der Waals surface area contributed by atoms with E-state index in [1.54, 1.807) is 31.4 Å². The average molecular weight is 337 g/mol. The summed E-state index contributed by atoms with van der Waals surface area (Å²) >= 11 is 0. The predicted molar refractivity (Wildman–Crippen MR) is 97.8 cm³/mol. The van der Waals surface area contributed by atoms with Gasteiger partial charge in [-0.15, -0.1) is 0 Å². The summed E-state index contributed by atoms with van der Waals surface area (Å²) in [6, 6.07) is 12.5. The molecule has 0 saturated heterocycles. The van der Waals surface area contributed by atoms with Crippen LogP contribution in [0.3, 0.4) is 0 Å². The summed E-state index contributed by atoms with van der Waals surface area (Å²) in [6.45, 7) is 5.29. The number of aryl methyl sites for hydroxylation is 1. The number of anilines is 2. The Morgan fingerprint density at radius 3 is 2.52 bits per heavy atom. The van der Waals surface area contributed by atoms with Crippen LogP contribution in [-0.2, 0) is 4.79 Å². The fraction of sp³-hybridized carbons (Fsp3) is 0.200. The highest BCUT2D eigenvalue weighted by Crippen LogP contribution is 2.32. The fourth-order valence-corrected chi connectivity index (χ4v) is 2.85. The van der Waals surface area contributed by atoms with Crippen molar-refractivity contribution >= 4 is 28.3 Å². The van der Waals surface area contributed by atoms with Crippen LogP contribution in [0.2, 0.25) is 0 Å². The third-order valence-electron chi connectivity index (χ3n) is 4.26. The van der Waals surface area contributed by atoms with Crippen molar-refractivity contribution in [2.75, 3.05) is 12.0 Å². The summed E-state index contributed by atoms with van der Waals surface area (Å²) in [5.74, 6) is 0.374. The maximum atomic E-state index is 12.5. The van der Waals surface area contributed by atoms with Gasteiger partial charge in [0.1, 0.15) is 17.0 Å². The van der Waals surface area contributed by atoms with E-state index in [4.69, 9.17) is 9.15 Å². The molecular weight excluding hydrogens is 318 g/mol. The van der Waals surface area contributed by atoms with Gasteiger partial charge in [0.05, 0.1) is 12.8 Å². The second kappa shape index (κ2) is 6.43. The van der Waals surface area contributed by atoms with E-state index in [1.807, 2.05) is 32.0 Å². The average Bonchev–Trinajstić information content (AvgIpc) is 2.58. The molecule has 0 fully saturated rings. The Bertz CT molecular complexity index is 1020. The molecular formula is C20H19NO4. The molecule has 1 aromatic heterocycles. The second-order valence-electron chi connectivity index (χ2n) is 5.90. The molecule has 1 heterocycles. The van der Waals surface area contributed by atoms with Crippen molar-refractivity contribution in [2.45, 2.75) is 20.8 Å². The second-order valence-corrected chi connectivity index (χ2v) is 5.90. The standard InChI is InChI=1S/C20H19NO4/c1-12-9-16(11-19(24-4)13(12)2)21(14(3)22)17-10-15-7-5-6-8-18(15)25-20(17)23/h5-11H,1-4H3. The van der Waals surface area contributed by atoms with Gasteiger partial charge in [0.25, 0.3) is 0 Å². The zero-order valence-corrected chi connectivity index (χ0v) is 14.6. The largest absolute Gasteiger partial charge is 0.496 e. The van der Waals surface area contributed by atoms with Crippen LogP contribution in [0, 0.1) is 13.8 Å². The lowest BCUT2D eigenvalue weighted by atomic mass is 10.1. The number of carbonyl (C=O) groups is 1. The third-order valence-corrected chi connectivity index (χ3v) is 4.26. The van der Waals surface area contributed by atoms with E-state index >= 15 is 0 Å². The highest BCUT2D eigenvalue weighted by molar-refractivity contribution is 6.00. The molecule has 3 rings (SSSR count). The van der Waals surface area contributed by atoms with E-state index in [9.17, 15) is 9.59 Å². The molecule has 0 aliphatic heterocycles. The topological polar surface area (TPSA) is 59.8 Å². The van der Waals surface area contributed by atoms with Gasteiger partial charge in [0.2, 0.25) is 5.91 Å². The van der Waals surface area contributed by atoms with Crippen LogP contribution in [0.25, 0.3) is 11.0 Å². The minimum Gasteiger partial charge on any atom is -0.496 e. The first-order valence-corrected chi connectivity index (χ1v) is 7.91. The third kappa shape index (κ3) is 3.01. The maximum Gasteiger partial charge on any atom is 0.360 e. The van der Waals surface area contributed by atoms with Crippen LogP contribution in [0.4, 0.5) is 11.4 Å². The molecule has 0 radical (unpaired) electrons. The molecule has 5 nitrogen and oxygen atoms in total. The molecule has 5 heteroatoms. The van der Waals surface area contributed by atoms with Gasteiger partial charge >= 0.3 is 5.63 Å². The van der Waals surface area contributed by atoms with Crippen molar-refractivity contribution in [3.63, 3.8) is 0 Å². The smallest absolute Gasteiger partial charge is 0.360 e. The van der Waals surface area contributed by atoms with Crippen LogP contribution in [0.1, 0.15) is 18.1 Å². The molecule has 0 atom stereocenters. The zero-order chi connectivity index (χ0) is 18.1. The molecule has 2 aromatic carbocycles. The number of hydrogen-bond donors (Lipinski definition) is 0. The lowest BCUT2D eigenvalue weighted by Crippen LogP contribution is -2.27. The molecule has 25 heavy (non-hydrogen) atoms. The number of methoxy groups -OCH3 is 1. The van der Waals surface area contributed by atoms with Crippen LogP contribution in [0.15, 0.2) is 51.7 Å². The van der Waals surface area contributed by atoms with Gasteiger partial charge in [0, 0.05) is 18.4 Å². The van der Waals surface area contributed by atoms with Crippen molar-refractivity contribution in [1.29, 1.82) is 0 Å². The van der Waals surface area contributed by atoms with E-state index in [0.717, 1.165) is 16.5 Å². The van der Waals surface area contributed by atoms with Gasteiger partial charge in [-0.2, -0.15) is 0 Å². The molecule has 3 aromatic rings. The summed E-state index contributed by atoms with van der Waals surface area (Å²) in [7, 11) is 1.58. The van der Waals surface area contributed by atoms with Crippen LogP contribution >= 0.6 is 0 Å². The van der Waals surface area contributed by atoms with Gasteiger partial charge in [0.15, 0.2) is 0 Å². The van der Waals surface area contributed by atoms with Gasteiger partial charge in [-0.1, -0.05) is 18.2 Å². The number of amides is 1. The number of ether oxygens (including phenoxy) is 1. The van der Waals surface area contributed by atoms with E-state index in [0.29, 0.717) is 17.0 Å². The first-order valence-electron chi connectivity index (χ1n) is 7.91. The Balaban J connectivity index is 2.24. The van der Waals surface area contributed by atoms with Gasteiger partial charge in [-0.25, -0.2) is 4.79 Å². The van der Waals surface area contributed by atoms with Gasteiger partial charge in [-0.05, 0) is 43.2 Å². The lowest BCUT2D eigenvalue weighted by molar-refractivity contribution is -0.115. The van der Waals surface area contributed by atoms with Gasteiger partial charge < -0.3 is 9.15 Å². The van der Waals surface area contributed by atoms with E-state index in [1.165, 1.54) is 11.8 Å². The number of para-hydroxylation sites is 1. The van der Waals surface area contributed by atoms with Crippen LogP contribution in [0.5, 0.6) is 5.75 Å². The first kappa shape index (κ1) is 16.8. The highest BCUT2D eigenvalue weighted by Gasteiger charge is 2.21. The molecule has 0 saturated carbocycles. The minimum atomic E-state index is -0.564. The van der Waals surface area contributed by atoms with Gasteiger partial charge in [-0.3, -0.25) is 9.69 Å². The molecule has 128 valence electrons.